The molecule has 2 heterocycles. The third kappa shape index (κ3) is 4.69. The maximum Gasteiger partial charge on any atom is 0.270 e. The Morgan fingerprint density at radius 2 is 1.76 bits per heavy atom. The summed E-state index contributed by atoms with van der Waals surface area (Å²) in [6.07, 6.45) is 1.72. The molecular formula is C22H24N4O6S. The number of nitro groups is 1. The highest BCUT2D eigenvalue weighted by molar-refractivity contribution is 7.89. The highest BCUT2D eigenvalue weighted by atomic mass is 32.2. The van der Waals surface area contributed by atoms with Crippen molar-refractivity contribution < 1.29 is 22.9 Å². The van der Waals surface area contributed by atoms with Gasteiger partial charge in [-0.3, -0.25) is 14.9 Å². The summed E-state index contributed by atoms with van der Waals surface area (Å²) >= 11 is 0. The molecule has 33 heavy (non-hydrogen) atoms. The number of piperazine rings is 1. The van der Waals surface area contributed by atoms with Crippen molar-refractivity contribution in [2.45, 2.75) is 18.4 Å². The summed E-state index contributed by atoms with van der Waals surface area (Å²) in [5.74, 6) is 0.475. The fourth-order valence-corrected chi connectivity index (χ4v) is 5.31. The normalized spacial score (nSPS) is 15.0. The van der Waals surface area contributed by atoms with E-state index < -0.39 is 14.9 Å². The van der Waals surface area contributed by atoms with E-state index in [-0.39, 0.29) is 36.1 Å². The summed E-state index contributed by atoms with van der Waals surface area (Å²) in [7, 11) is -3.65. The van der Waals surface area contributed by atoms with Crippen LogP contribution in [0.25, 0.3) is 10.9 Å². The molecular weight excluding hydrogens is 448 g/mol. The summed E-state index contributed by atoms with van der Waals surface area (Å²) in [6, 6.07) is 12.6. The van der Waals surface area contributed by atoms with Crippen molar-refractivity contribution >= 4 is 32.5 Å². The Kier molecular flexibility index (Phi) is 6.34. The molecule has 0 radical (unpaired) electrons. The minimum absolute atomic E-state index is 0.00330. The lowest BCUT2D eigenvalue weighted by Crippen LogP contribution is -2.51. The molecule has 1 aliphatic heterocycles. The van der Waals surface area contributed by atoms with Gasteiger partial charge < -0.3 is 14.2 Å². The molecule has 1 aliphatic rings. The van der Waals surface area contributed by atoms with Gasteiger partial charge in [-0.15, -0.1) is 0 Å². The zero-order chi connectivity index (χ0) is 23.6. The van der Waals surface area contributed by atoms with Crippen LogP contribution in [-0.4, -0.2) is 65.8 Å². The van der Waals surface area contributed by atoms with Gasteiger partial charge in [0.2, 0.25) is 15.9 Å². The van der Waals surface area contributed by atoms with Gasteiger partial charge in [0.15, 0.2) is 0 Å². The van der Waals surface area contributed by atoms with Gasteiger partial charge in [0.25, 0.3) is 5.69 Å². The number of ether oxygens (including phenoxy) is 1. The molecule has 0 saturated carbocycles. The lowest BCUT2D eigenvalue weighted by Gasteiger charge is -2.34. The number of amides is 1. The Hall–Kier alpha value is -3.44. The molecule has 0 unspecified atom stereocenters. The molecule has 1 saturated heterocycles. The Balaban J connectivity index is 1.39. The first kappa shape index (κ1) is 22.7. The number of hydrogen-bond acceptors (Lipinski definition) is 6. The zero-order valence-electron chi connectivity index (χ0n) is 18.1. The predicted molar refractivity (Wildman–Crippen MR) is 122 cm³/mol. The second-order valence-corrected chi connectivity index (χ2v) is 9.57. The van der Waals surface area contributed by atoms with Crippen LogP contribution in [0, 0.1) is 10.1 Å². The van der Waals surface area contributed by atoms with Crippen LogP contribution in [0.2, 0.25) is 0 Å². The van der Waals surface area contributed by atoms with E-state index in [1.165, 1.54) is 28.6 Å². The van der Waals surface area contributed by atoms with E-state index in [2.05, 4.69) is 0 Å². The first-order chi connectivity index (χ1) is 15.8. The quantitative estimate of drug-likeness (QED) is 0.385. The summed E-state index contributed by atoms with van der Waals surface area (Å²) in [5, 5.41) is 11.6. The number of rotatable bonds is 7. The van der Waals surface area contributed by atoms with Crippen LogP contribution in [-0.2, 0) is 21.4 Å². The third-order valence-corrected chi connectivity index (χ3v) is 7.55. The van der Waals surface area contributed by atoms with Crippen molar-refractivity contribution in [3.05, 3.63) is 64.8 Å². The van der Waals surface area contributed by atoms with Gasteiger partial charge in [-0.25, -0.2) is 8.42 Å². The minimum atomic E-state index is -3.65. The fourth-order valence-electron chi connectivity index (χ4n) is 3.89. The number of aromatic nitrogens is 1. The van der Waals surface area contributed by atoms with Gasteiger partial charge in [-0.05, 0) is 43.3 Å². The van der Waals surface area contributed by atoms with Gasteiger partial charge in [-0.2, -0.15) is 4.31 Å². The monoisotopic (exact) mass is 472 g/mol. The molecule has 11 heteroatoms. The molecule has 1 aromatic heterocycles. The number of carbonyl (C=O) groups excluding carboxylic acids is 1. The van der Waals surface area contributed by atoms with Crippen LogP contribution >= 0.6 is 0 Å². The van der Waals surface area contributed by atoms with Crippen molar-refractivity contribution in [3.63, 3.8) is 0 Å². The first-order valence-corrected chi connectivity index (χ1v) is 12.0. The average Bonchev–Trinajstić information content (AvgIpc) is 3.21. The second-order valence-electron chi connectivity index (χ2n) is 7.63. The van der Waals surface area contributed by atoms with Crippen molar-refractivity contribution in [1.82, 2.24) is 13.8 Å². The van der Waals surface area contributed by atoms with Crippen LogP contribution in [0.5, 0.6) is 5.75 Å². The fraction of sp³-hybridized carbons (Fsp3) is 0.318. The Bertz CT molecular complexity index is 1280. The lowest BCUT2D eigenvalue weighted by atomic mass is 10.2. The average molecular weight is 473 g/mol. The number of benzene rings is 2. The number of non-ortho nitro benzene ring substituents is 1. The van der Waals surface area contributed by atoms with Gasteiger partial charge in [-0.1, -0.05) is 0 Å². The van der Waals surface area contributed by atoms with Crippen molar-refractivity contribution in [1.29, 1.82) is 0 Å². The molecule has 4 rings (SSSR count). The Morgan fingerprint density at radius 1 is 1.06 bits per heavy atom. The molecule has 0 atom stereocenters. The maximum absolute atomic E-state index is 12.9. The summed E-state index contributed by atoms with van der Waals surface area (Å²) in [5.41, 5.74) is 0.724. The van der Waals surface area contributed by atoms with E-state index in [0.717, 1.165) is 5.52 Å². The van der Waals surface area contributed by atoms with Crippen LogP contribution in [0.15, 0.2) is 59.6 Å². The SMILES string of the molecule is CCOc1ccc(S(=O)(=O)N2CCN(C(=O)Cn3ccc4cc([N+](=O)[O-])ccc43)CC2)cc1. The van der Waals surface area contributed by atoms with Gasteiger partial charge in [0.05, 0.1) is 16.4 Å². The molecule has 3 aromatic rings. The zero-order valence-corrected chi connectivity index (χ0v) is 18.9. The molecule has 1 fully saturated rings. The minimum Gasteiger partial charge on any atom is -0.494 e. The molecule has 10 nitrogen and oxygen atoms in total. The van der Waals surface area contributed by atoms with E-state index in [0.29, 0.717) is 30.8 Å². The number of nitro benzene ring substituents is 1. The van der Waals surface area contributed by atoms with E-state index in [4.69, 9.17) is 4.74 Å². The molecule has 0 N–H and O–H groups in total. The van der Waals surface area contributed by atoms with Crippen molar-refractivity contribution in [2.24, 2.45) is 0 Å². The van der Waals surface area contributed by atoms with Crippen molar-refractivity contribution in [3.8, 4) is 5.75 Å². The highest BCUT2D eigenvalue weighted by Gasteiger charge is 2.30. The van der Waals surface area contributed by atoms with Gasteiger partial charge in [0.1, 0.15) is 12.3 Å². The third-order valence-electron chi connectivity index (χ3n) is 5.63. The molecule has 2 aromatic carbocycles. The van der Waals surface area contributed by atoms with E-state index in [1.807, 2.05) is 6.92 Å². The summed E-state index contributed by atoms with van der Waals surface area (Å²) < 4.78 is 34.4. The maximum atomic E-state index is 12.9. The van der Waals surface area contributed by atoms with Crippen molar-refractivity contribution in [2.75, 3.05) is 32.8 Å². The summed E-state index contributed by atoms with van der Waals surface area (Å²) in [6.45, 7) is 3.43. The van der Waals surface area contributed by atoms with E-state index in [1.54, 1.807) is 39.9 Å². The smallest absolute Gasteiger partial charge is 0.270 e. The molecule has 0 bridgehead atoms. The Morgan fingerprint density at radius 3 is 2.39 bits per heavy atom. The Labute approximate surface area is 191 Å². The first-order valence-electron chi connectivity index (χ1n) is 10.5. The van der Waals surface area contributed by atoms with Crippen LogP contribution < -0.4 is 4.74 Å². The molecule has 1 amide bonds. The highest BCUT2D eigenvalue weighted by Crippen LogP contribution is 2.23. The topological polar surface area (TPSA) is 115 Å². The number of sulfonamides is 1. The molecule has 174 valence electrons. The number of carbonyl (C=O) groups is 1. The standard InChI is InChI=1S/C22H24N4O6S/c1-2-32-19-4-6-20(7-5-19)33(30,31)25-13-11-23(12-14-25)22(27)16-24-10-9-17-15-18(26(28)29)3-8-21(17)24/h3-10,15H,2,11-14,16H2,1H3. The molecule has 0 aliphatic carbocycles. The van der Waals surface area contributed by atoms with Crippen LogP contribution in [0.4, 0.5) is 5.69 Å². The lowest BCUT2D eigenvalue weighted by molar-refractivity contribution is -0.384. The van der Waals surface area contributed by atoms with Gasteiger partial charge >= 0.3 is 0 Å². The number of fused-ring (bicyclic) bond motifs is 1. The molecule has 0 spiro atoms. The van der Waals surface area contributed by atoms with Crippen LogP contribution in [0.3, 0.4) is 0 Å². The van der Waals surface area contributed by atoms with Gasteiger partial charge in [0, 0.05) is 55.4 Å². The predicted octanol–water partition coefficient (Wildman–Crippen LogP) is 2.48. The van der Waals surface area contributed by atoms with E-state index >= 15 is 0 Å². The van der Waals surface area contributed by atoms with Crippen LogP contribution in [0.1, 0.15) is 6.92 Å². The second kappa shape index (κ2) is 9.20. The number of hydrogen-bond donors (Lipinski definition) is 0. The van der Waals surface area contributed by atoms with E-state index in [9.17, 15) is 23.3 Å². The largest absolute Gasteiger partial charge is 0.494 e. The number of nitrogens with zero attached hydrogens (tertiary/aromatic N) is 4. The summed E-state index contributed by atoms with van der Waals surface area (Å²) in [4.78, 5) is 25.2.